The van der Waals surface area contributed by atoms with Gasteiger partial charge in [0.2, 0.25) is 0 Å². The highest BCUT2D eigenvalue weighted by atomic mass is 19.4. The molecule has 0 heterocycles. The van der Waals surface area contributed by atoms with Crippen LogP contribution in [0.1, 0.15) is 36.2 Å². The molecule has 0 aliphatic carbocycles. The first-order chi connectivity index (χ1) is 12.9. The van der Waals surface area contributed by atoms with Gasteiger partial charge in [-0.3, -0.25) is 9.79 Å². The van der Waals surface area contributed by atoms with E-state index in [0.29, 0.717) is 45.4 Å². The van der Waals surface area contributed by atoms with Crippen LogP contribution in [-0.4, -0.2) is 51.3 Å². The lowest BCUT2D eigenvalue weighted by atomic mass is 10.1. The maximum Gasteiger partial charge on any atom is 0.416 e. The van der Waals surface area contributed by atoms with Gasteiger partial charge in [0.1, 0.15) is 0 Å². The molecule has 1 rings (SSSR count). The molecule has 0 fully saturated rings. The lowest BCUT2D eigenvalue weighted by Gasteiger charge is -2.12. The first-order valence-electron chi connectivity index (χ1n) is 8.93. The molecule has 0 unspecified atom stereocenters. The van der Waals surface area contributed by atoms with E-state index in [1.807, 2.05) is 13.8 Å². The number of nitrogens with zero attached hydrogens (tertiary/aromatic N) is 1. The van der Waals surface area contributed by atoms with Crippen LogP contribution in [0.5, 0.6) is 0 Å². The van der Waals surface area contributed by atoms with Gasteiger partial charge in [0.05, 0.1) is 5.56 Å². The fourth-order valence-corrected chi connectivity index (χ4v) is 2.11. The number of carbonyl (C=O) groups is 1. The zero-order valence-corrected chi connectivity index (χ0v) is 15.7. The fraction of sp³-hybridized carbons (Fsp3) is 0.556. The molecular formula is C18H27F3N4O2. The second kappa shape index (κ2) is 12.2. The van der Waals surface area contributed by atoms with E-state index in [4.69, 9.17) is 4.74 Å². The Kier molecular flexibility index (Phi) is 10.2. The standard InChI is InChI=1S/C18H27F3N4O2/c1-3-22-17(24-10-5-13-27-4-2)25-12-11-23-16(26)14-6-8-15(9-7-14)18(19,20)21/h6-9H,3-5,10-13H2,1-2H3,(H,23,26)(H2,22,24,25). The quantitative estimate of drug-likeness (QED) is 0.327. The van der Waals surface area contributed by atoms with E-state index < -0.39 is 17.6 Å². The van der Waals surface area contributed by atoms with Crippen molar-refractivity contribution in [3.8, 4) is 0 Å². The van der Waals surface area contributed by atoms with Crippen LogP contribution < -0.4 is 16.0 Å². The molecule has 0 saturated carbocycles. The molecule has 27 heavy (non-hydrogen) atoms. The van der Waals surface area contributed by atoms with Crippen molar-refractivity contribution < 1.29 is 22.7 Å². The first kappa shape index (κ1) is 22.8. The van der Waals surface area contributed by atoms with Crippen LogP contribution in [0.3, 0.4) is 0 Å². The number of rotatable bonds is 10. The zero-order valence-electron chi connectivity index (χ0n) is 15.7. The van der Waals surface area contributed by atoms with Crippen molar-refractivity contribution in [2.75, 3.05) is 39.4 Å². The number of carbonyl (C=O) groups excluding carboxylic acids is 1. The Labute approximate surface area is 157 Å². The molecule has 0 aromatic heterocycles. The normalized spacial score (nSPS) is 12.0. The highest BCUT2D eigenvalue weighted by Crippen LogP contribution is 2.28. The molecule has 9 heteroatoms. The third kappa shape index (κ3) is 9.28. The predicted molar refractivity (Wildman–Crippen MR) is 98.9 cm³/mol. The number of amides is 1. The van der Waals surface area contributed by atoms with Crippen LogP contribution in [-0.2, 0) is 10.9 Å². The molecule has 0 aliphatic rings. The Hall–Kier alpha value is -2.29. The van der Waals surface area contributed by atoms with Crippen LogP contribution in [0.15, 0.2) is 29.3 Å². The summed E-state index contributed by atoms with van der Waals surface area (Å²) < 4.78 is 42.8. The Morgan fingerprint density at radius 1 is 1.07 bits per heavy atom. The first-order valence-corrected chi connectivity index (χ1v) is 8.93. The Bertz CT molecular complexity index is 589. The van der Waals surface area contributed by atoms with Gasteiger partial charge < -0.3 is 20.7 Å². The number of nitrogens with one attached hydrogen (secondary N) is 3. The van der Waals surface area contributed by atoms with Crippen molar-refractivity contribution in [1.29, 1.82) is 0 Å². The van der Waals surface area contributed by atoms with E-state index in [1.165, 1.54) is 0 Å². The van der Waals surface area contributed by atoms with Crippen LogP contribution in [0, 0.1) is 0 Å². The van der Waals surface area contributed by atoms with E-state index in [9.17, 15) is 18.0 Å². The van der Waals surface area contributed by atoms with Crippen molar-refractivity contribution >= 4 is 11.9 Å². The minimum absolute atomic E-state index is 0.180. The molecule has 0 saturated heterocycles. The summed E-state index contributed by atoms with van der Waals surface area (Å²) in [5.74, 6) is 0.210. The molecule has 0 spiro atoms. The van der Waals surface area contributed by atoms with Crippen molar-refractivity contribution in [2.45, 2.75) is 26.4 Å². The lowest BCUT2D eigenvalue weighted by Crippen LogP contribution is -2.41. The Balaban J connectivity index is 2.37. The molecule has 0 aliphatic heterocycles. The monoisotopic (exact) mass is 388 g/mol. The van der Waals surface area contributed by atoms with Gasteiger partial charge in [-0.25, -0.2) is 0 Å². The summed E-state index contributed by atoms with van der Waals surface area (Å²) in [6, 6.07) is 4.11. The van der Waals surface area contributed by atoms with Crippen LogP contribution in [0.2, 0.25) is 0 Å². The summed E-state index contributed by atoms with van der Waals surface area (Å²) in [6.07, 6.45) is -3.60. The SMILES string of the molecule is CCNC(=NCCCOCC)NCCNC(=O)c1ccc(C(F)(F)F)cc1. The topological polar surface area (TPSA) is 74.8 Å². The van der Waals surface area contributed by atoms with Crippen molar-refractivity contribution in [2.24, 2.45) is 4.99 Å². The number of aliphatic imine (C=N–C) groups is 1. The molecule has 6 nitrogen and oxygen atoms in total. The number of hydrogen-bond acceptors (Lipinski definition) is 3. The van der Waals surface area contributed by atoms with Crippen LogP contribution in [0.25, 0.3) is 0 Å². The maximum absolute atomic E-state index is 12.5. The minimum Gasteiger partial charge on any atom is -0.382 e. The number of hydrogen-bond donors (Lipinski definition) is 3. The number of halogens is 3. The van der Waals surface area contributed by atoms with E-state index in [0.717, 1.165) is 30.7 Å². The summed E-state index contributed by atoms with van der Waals surface area (Å²) >= 11 is 0. The summed E-state index contributed by atoms with van der Waals surface area (Å²) in [4.78, 5) is 16.4. The molecule has 1 aromatic carbocycles. The van der Waals surface area contributed by atoms with Gasteiger partial charge in [-0.1, -0.05) is 0 Å². The van der Waals surface area contributed by atoms with Crippen molar-refractivity contribution in [3.05, 3.63) is 35.4 Å². The zero-order chi connectivity index (χ0) is 20.1. The molecule has 0 bridgehead atoms. The highest BCUT2D eigenvalue weighted by molar-refractivity contribution is 5.94. The van der Waals surface area contributed by atoms with Crippen LogP contribution >= 0.6 is 0 Å². The minimum atomic E-state index is -4.41. The molecule has 3 N–H and O–H groups in total. The van der Waals surface area contributed by atoms with Crippen molar-refractivity contribution in [3.63, 3.8) is 0 Å². The van der Waals surface area contributed by atoms with Gasteiger partial charge >= 0.3 is 6.18 Å². The summed E-state index contributed by atoms with van der Waals surface area (Å²) in [7, 11) is 0. The Morgan fingerprint density at radius 3 is 2.33 bits per heavy atom. The molecule has 0 atom stereocenters. The maximum atomic E-state index is 12.5. The fourth-order valence-electron chi connectivity index (χ4n) is 2.11. The molecule has 152 valence electrons. The van der Waals surface area contributed by atoms with Crippen molar-refractivity contribution in [1.82, 2.24) is 16.0 Å². The lowest BCUT2D eigenvalue weighted by molar-refractivity contribution is -0.137. The second-order valence-corrected chi connectivity index (χ2v) is 5.57. The molecule has 0 radical (unpaired) electrons. The van der Waals surface area contributed by atoms with Gasteiger partial charge in [0.25, 0.3) is 5.91 Å². The third-order valence-electron chi connectivity index (χ3n) is 3.44. The van der Waals surface area contributed by atoms with E-state index in [-0.39, 0.29) is 5.56 Å². The number of benzene rings is 1. The van der Waals surface area contributed by atoms with Gasteiger partial charge in [-0.15, -0.1) is 0 Å². The number of guanidine groups is 1. The highest BCUT2D eigenvalue weighted by Gasteiger charge is 2.30. The summed E-state index contributed by atoms with van der Waals surface area (Å²) in [6.45, 7) is 7.29. The summed E-state index contributed by atoms with van der Waals surface area (Å²) in [5.41, 5.74) is -0.601. The average Bonchev–Trinajstić information content (AvgIpc) is 2.64. The number of alkyl halides is 3. The third-order valence-corrected chi connectivity index (χ3v) is 3.44. The van der Waals surface area contributed by atoms with E-state index in [1.54, 1.807) is 0 Å². The largest absolute Gasteiger partial charge is 0.416 e. The van der Waals surface area contributed by atoms with Gasteiger partial charge in [-0.2, -0.15) is 13.2 Å². The van der Waals surface area contributed by atoms with Crippen LogP contribution in [0.4, 0.5) is 13.2 Å². The van der Waals surface area contributed by atoms with E-state index >= 15 is 0 Å². The van der Waals surface area contributed by atoms with E-state index in [2.05, 4.69) is 20.9 Å². The predicted octanol–water partition coefficient (Wildman–Crippen LogP) is 2.42. The van der Waals surface area contributed by atoms with Gasteiger partial charge in [-0.05, 0) is 44.5 Å². The Morgan fingerprint density at radius 2 is 1.74 bits per heavy atom. The molecular weight excluding hydrogens is 361 g/mol. The molecule has 1 amide bonds. The smallest absolute Gasteiger partial charge is 0.382 e. The summed E-state index contributed by atoms with van der Waals surface area (Å²) in [5, 5.41) is 8.83. The second-order valence-electron chi connectivity index (χ2n) is 5.57. The average molecular weight is 388 g/mol. The van der Waals surface area contributed by atoms with Gasteiger partial charge in [0, 0.05) is 45.0 Å². The molecule has 1 aromatic rings. The number of ether oxygens (including phenoxy) is 1. The van der Waals surface area contributed by atoms with Gasteiger partial charge in [0.15, 0.2) is 5.96 Å².